The molecule has 1 amide bonds. The molecule has 4 N–H and O–H groups in total. The number of aromatic nitrogens is 1. The minimum atomic E-state index is -0.223. The van der Waals surface area contributed by atoms with E-state index < -0.39 is 0 Å². The first-order chi connectivity index (χ1) is 13.1. The van der Waals surface area contributed by atoms with Crippen LogP contribution in [-0.2, 0) is 11.2 Å². The Morgan fingerprint density at radius 3 is 2.93 bits per heavy atom. The van der Waals surface area contributed by atoms with Gasteiger partial charge in [0.2, 0.25) is 5.91 Å². The van der Waals surface area contributed by atoms with Gasteiger partial charge in [0.05, 0.1) is 6.04 Å². The van der Waals surface area contributed by atoms with Crippen molar-refractivity contribution in [2.45, 2.75) is 32.2 Å². The number of carbonyl (C=O) groups excluding carboxylic acids is 1. The van der Waals surface area contributed by atoms with Crippen molar-refractivity contribution >= 4 is 16.8 Å². The third kappa shape index (κ3) is 3.19. The Hall–Kier alpha value is -2.79. The van der Waals surface area contributed by atoms with Gasteiger partial charge in [-0.05, 0) is 61.7 Å². The lowest BCUT2D eigenvalue weighted by Gasteiger charge is -2.36. The van der Waals surface area contributed by atoms with Crippen LogP contribution in [0.15, 0.2) is 42.5 Å². The van der Waals surface area contributed by atoms with Crippen molar-refractivity contribution in [1.82, 2.24) is 9.88 Å². The number of benzene rings is 2. The number of aryl methyl sites for hydroxylation is 1. The second-order valence-electron chi connectivity index (χ2n) is 7.29. The van der Waals surface area contributed by atoms with Crippen LogP contribution in [0.25, 0.3) is 10.9 Å². The van der Waals surface area contributed by atoms with Crippen molar-refractivity contribution in [2.75, 3.05) is 13.1 Å². The van der Waals surface area contributed by atoms with E-state index in [1.807, 2.05) is 17.0 Å². The minimum Gasteiger partial charge on any atom is -0.508 e. The molecule has 0 radical (unpaired) electrons. The topological polar surface area (TPSA) is 82.4 Å². The van der Waals surface area contributed by atoms with Crippen molar-refractivity contribution < 1.29 is 9.90 Å². The molecular formula is C22H25N3O2. The van der Waals surface area contributed by atoms with E-state index >= 15 is 0 Å². The maximum Gasteiger partial charge on any atom is 0.223 e. The number of carbonyl (C=O) groups is 1. The highest BCUT2D eigenvalue weighted by atomic mass is 16.3. The van der Waals surface area contributed by atoms with E-state index in [4.69, 9.17) is 5.73 Å². The first-order valence-electron chi connectivity index (χ1n) is 9.48. The van der Waals surface area contributed by atoms with Gasteiger partial charge in [-0.1, -0.05) is 23.8 Å². The molecule has 4 rings (SSSR count). The zero-order valence-electron chi connectivity index (χ0n) is 15.5. The van der Waals surface area contributed by atoms with E-state index in [1.54, 1.807) is 12.1 Å². The number of fused-ring (bicyclic) bond motifs is 3. The van der Waals surface area contributed by atoms with Gasteiger partial charge in [-0.2, -0.15) is 0 Å². The molecule has 140 valence electrons. The number of hydrogen-bond donors (Lipinski definition) is 3. The lowest BCUT2D eigenvalue weighted by Crippen LogP contribution is -2.40. The number of nitrogens with one attached hydrogen (secondary N) is 1. The SMILES string of the molecule is Cc1ccc2[nH]c3c(c2c1)CCN(C(=O)CCCN)C3c1cccc(O)c1. The van der Waals surface area contributed by atoms with Gasteiger partial charge < -0.3 is 20.7 Å². The molecule has 0 spiro atoms. The van der Waals surface area contributed by atoms with Crippen LogP contribution in [0.2, 0.25) is 0 Å². The van der Waals surface area contributed by atoms with Crippen LogP contribution >= 0.6 is 0 Å². The predicted octanol–water partition coefficient (Wildman–Crippen LogP) is 3.39. The molecule has 1 aromatic heterocycles. The molecule has 2 heterocycles. The van der Waals surface area contributed by atoms with Gasteiger partial charge >= 0.3 is 0 Å². The van der Waals surface area contributed by atoms with E-state index in [0.717, 1.165) is 23.2 Å². The highest BCUT2D eigenvalue weighted by molar-refractivity contribution is 5.87. The van der Waals surface area contributed by atoms with Gasteiger partial charge in [-0.3, -0.25) is 4.79 Å². The minimum absolute atomic E-state index is 0.106. The molecular weight excluding hydrogens is 338 g/mol. The van der Waals surface area contributed by atoms with Gasteiger partial charge in [0.1, 0.15) is 5.75 Å². The number of nitrogens with two attached hydrogens (primary N) is 1. The summed E-state index contributed by atoms with van der Waals surface area (Å²) in [7, 11) is 0. The fourth-order valence-corrected chi connectivity index (χ4v) is 4.11. The number of phenols is 1. The van der Waals surface area contributed by atoms with Crippen molar-refractivity contribution in [3.05, 3.63) is 64.8 Å². The molecule has 2 aromatic carbocycles. The van der Waals surface area contributed by atoms with Crippen molar-refractivity contribution in [1.29, 1.82) is 0 Å². The van der Waals surface area contributed by atoms with Crippen molar-refractivity contribution in [2.24, 2.45) is 5.73 Å². The Bertz CT molecular complexity index is 992. The number of hydrogen-bond acceptors (Lipinski definition) is 3. The summed E-state index contributed by atoms with van der Waals surface area (Å²) in [6.07, 6.45) is 1.95. The maximum atomic E-state index is 12.9. The van der Waals surface area contributed by atoms with Crippen LogP contribution in [0.5, 0.6) is 5.75 Å². The van der Waals surface area contributed by atoms with Crippen LogP contribution in [0.4, 0.5) is 0 Å². The second-order valence-corrected chi connectivity index (χ2v) is 7.29. The zero-order valence-corrected chi connectivity index (χ0v) is 15.5. The van der Waals surface area contributed by atoms with Crippen LogP contribution in [0, 0.1) is 6.92 Å². The van der Waals surface area contributed by atoms with E-state index in [2.05, 4.69) is 30.1 Å². The fraction of sp³-hybridized carbons (Fsp3) is 0.318. The molecule has 0 saturated carbocycles. The molecule has 1 aliphatic rings. The number of rotatable bonds is 4. The summed E-state index contributed by atoms with van der Waals surface area (Å²) in [6, 6.07) is 13.4. The Morgan fingerprint density at radius 2 is 2.15 bits per heavy atom. The second kappa shape index (κ2) is 7.08. The zero-order chi connectivity index (χ0) is 19.0. The highest BCUT2D eigenvalue weighted by Crippen LogP contribution is 2.39. The average Bonchev–Trinajstić information content (AvgIpc) is 3.03. The van der Waals surface area contributed by atoms with Gasteiger partial charge in [0.25, 0.3) is 0 Å². The third-order valence-corrected chi connectivity index (χ3v) is 5.38. The molecule has 5 heteroatoms. The number of amides is 1. The number of aromatic amines is 1. The number of H-pyrrole nitrogens is 1. The molecule has 5 nitrogen and oxygen atoms in total. The molecule has 27 heavy (non-hydrogen) atoms. The molecule has 0 saturated heterocycles. The normalized spacial score (nSPS) is 16.5. The number of phenolic OH excluding ortho intramolecular Hbond substituents is 1. The van der Waals surface area contributed by atoms with E-state index in [-0.39, 0.29) is 17.7 Å². The smallest absolute Gasteiger partial charge is 0.223 e. The largest absolute Gasteiger partial charge is 0.508 e. The van der Waals surface area contributed by atoms with Gasteiger partial charge in [0.15, 0.2) is 0 Å². The predicted molar refractivity (Wildman–Crippen MR) is 107 cm³/mol. The molecule has 1 aliphatic heterocycles. The van der Waals surface area contributed by atoms with Gasteiger partial charge in [-0.15, -0.1) is 0 Å². The first-order valence-corrected chi connectivity index (χ1v) is 9.48. The molecule has 0 fully saturated rings. The van der Waals surface area contributed by atoms with Crippen LogP contribution in [0.1, 0.15) is 41.3 Å². The summed E-state index contributed by atoms with van der Waals surface area (Å²) in [5.74, 6) is 0.315. The maximum absolute atomic E-state index is 12.9. The van der Waals surface area contributed by atoms with E-state index in [1.165, 1.54) is 16.5 Å². The van der Waals surface area contributed by atoms with Crippen molar-refractivity contribution in [3.8, 4) is 5.75 Å². The standard InChI is InChI=1S/C22H25N3O2/c1-14-7-8-19-18(12-14)17-9-11-25(20(27)6-3-10-23)22(21(17)24-19)15-4-2-5-16(26)13-15/h2,4-5,7-8,12-13,22,24,26H,3,6,9-11,23H2,1H3. The number of nitrogens with zero attached hydrogens (tertiary/aromatic N) is 1. The van der Waals surface area contributed by atoms with Crippen molar-refractivity contribution in [3.63, 3.8) is 0 Å². The highest BCUT2D eigenvalue weighted by Gasteiger charge is 2.34. The monoisotopic (exact) mass is 363 g/mol. The Balaban J connectivity index is 1.85. The van der Waals surface area contributed by atoms with Crippen LogP contribution in [0.3, 0.4) is 0 Å². The molecule has 0 bridgehead atoms. The summed E-state index contributed by atoms with van der Waals surface area (Å²) >= 11 is 0. The summed E-state index contributed by atoms with van der Waals surface area (Å²) in [5, 5.41) is 11.2. The molecule has 1 atom stereocenters. The Kier molecular flexibility index (Phi) is 4.62. The number of aromatic hydroxyl groups is 1. The summed E-state index contributed by atoms with van der Waals surface area (Å²) in [4.78, 5) is 18.4. The average molecular weight is 363 g/mol. The lowest BCUT2D eigenvalue weighted by molar-refractivity contribution is -0.133. The molecule has 1 unspecified atom stereocenters. The Labute approximate surface area is 158 Å². The van der Waals surface area contributed by atoms with E-state index in [9.17, 15) is 9.90 Å². The summed E-state index contributed by atoms with van der Waals surface area (Å²) in [6.45, 7) is 3.27. The summed E-state index contributed by atoms with van der Waals surface area (Å²) in [5.41, 5.74) is 11.2. The molecule has 3 aromatic rings. The Morgan fingerprint density at radius 1 is 1.30 bits per heavy atom. The van der Waals surface area contributed by atoms with Crippen LogP contribution < -0.4 is 5.73 Å². The van der Waals surface area contributed by atoms with Crippen LogP contribution in [-0.4, -0.2) is 34.0 Å². The van der Waals surface area contributed by atoms with Gasteiger partial charge in [-0.25, -0.2) is 0 Å². The quantitative estimate of drug-likeness (QED) is 0.664. The fourth-order valence-electron chi connectivity index (χ4n) is 4.11. The lowest BCUT2D eigenvalue weighted by atomic mass is 9.91. The first kappa shape index (κ1) is 17.6. The summed E-state index contributed by atoms with van der Waals surface area (Å²) < 4.78 is 0. The molecule has 0 aliphatic carbocycles. The van der Waals surface area contributed by atoms with Gasteiger partial charge in [0, 0.05) is 29.6 Å². The third-order valence-electron chi connectivity index (χ3n) is 5.38. The van der Waals surface area contributed by atoms with E-state index in [0.29, 0.717) is 25.9 Å².